The van der Waals surface area contributed by atoms with Crippen LogP contribution in [0.1, 0.15) is 21.7 Å². The van der Waals surface area contributed by atoms with Crippen LogP contribution in [0.4, 0.5) is 5.69 Å². The van der Waals surface area contributed by atoms with Gasteiger partial charge in [-0.05, 0) is 48.4 Å². The van der Waals surface area contributed by atoms with Gasteiger partial charge in [0.15, 0.2) is 22.5 Å². The lowest BCUT2D eigenvalue weighted by Gasteiger charge is -2.18. The molecule has 2 heterocycles. The lowest BCUT2D eigenvalue weighted by Crippen LogP contribution is -2.30. The molecular weight excluding hydrogens is 558 g/mol. The molecule has 1 aliphatic heterocycles. The van der Waals surface area contributed by atoms with E-state index in [1.165, 1.54) is 26.0 Å². The second-order valence-electron chi connectivity index (χ2n) is 9.24. The van der Waals surface area contributed by atoms with Gasteiger partial charge in [-0.1, -0.05) is 30.0 Å². The minimum absolute atomic E-state index is 0.0274. The molecule has 1 aromatic heterocycles. The number of carbonyl (C=O) groups is 2. The second kappa shape index (κ2) is 12.9. The van der Waals surface area contributed by atoms with Gasteiger partial charge in [-0.15, -0.1) is 10.2 Å². The summed E-state index contributed by atoms with van der Waals surface area (Å²) in [7, 11) is 6.18. The Morgan fingerprint density at radius 1 is 0.857 bits per heavy atom. The number of methoxy groups -OCH3 is 4. The number of aromatic nitrogens is 3. The van der Waals surface area contributed by atoms with Crippen molar-refractivity contribution in [3.8, 4) is 28.7 Å². The first kappa shape index (κ1) is 28.8. The summed E-state index contributed by atoms with van der Waals surface area (Å²) in [5.41, 5.74) is 3.10. The van der Waals surface area contributed by atoms with Crippen molar-refractivity contribution in [1.29, 1.82) is 0 Å². The number of ether oxygens (including phenoxy) is 4. The molecule has 12 heteroatoms. The quantitative estimate of drug-likeness (QED) is 0.260. The number of para-hydroxylation sites is 1. The van der Waals surface area contributed by atoms with Crippen LogP contribution in [0, 0.1) is 0 Å². The van der Waals surface area contributed by atoms with Crippen molar-refractivity contribution >= 4 is 29.3 Å². The fraction of sp³-hybridized carbons (Fsp3) is 0.267. The van der Waals surface area contributed by atoms with Crippen molar-refractivity contribution in [2.45, 2.75) is 18.1 Å². The molecule has 0 atom stereocenters. The van der Waals surface area contributed by atoms with Crippen LogP contribution in [0.2, 0.25) is 0 Å². The first-order chi connectivity index (χ1) is 20.5. The predicted octanol–water partition coefficient (Wildman–Crippen LogP) is 3.91. The summed E-state index contributed by atoms with van der Waals surface area (Å²) in [6.07, 6.45) is 0.827. The molecule has 0 unspecified atom stereocenters. The van der Waals surface area contributed by atoms with Crippen LogP contribution in [0.5, 0.6) is 23.0 Å². The molecule has 0 aliphatic carbocycles. The summed E-state index contributed by atoms with van der Waals surface area (Å²) in [5, 5.41) is 12.1. The first-order valence-corrected chi connectivity index (χ1v) is 14.1. The number of amides is 2. The van der Waals surface area contributed by atoms with Gasteiger partial charge in [0.25, 0.3) is 5.91 Å². The smallest absolute Gasteiger partial charge is 0.251 e. The third-order valence-electron chi connectivity index (χ3n) is 6.89. The van der Waals surface area contributed by atoms with E-state index in [4.69, 9.17) is 18.9 Å². The summed E-state index contributed by atoms with van der Waals surface area (Å²) in [5.74, 6) is 2.34. The third kappa shape index (κ3) is 5.84. The van der Waals surface area contributed by atoms with Gasteiger partial charge in [0.1, 0.15) is 11.5 Å². The third-order valence-corrected chi connectivity index (χ3v) is 7.81. The number of hydrogen-bond acceptors (Lipinski definition) is 9. The molecule has 0 saturated heterocycles. The van der Waals surface area contributed by atoms with E-state index in [0.29, 0.717) is 51.8 Å². The highest BCUT2D eigenvalue weighted by Gasteiger charge is 2.26. The minimum Gasteiger partial charge on any atom is -0.497 e. The van der Waals surface area contributed by atoms with Crippen molar-refractivity contribution in [2.24, 2.45) is 0 Å². The number of benzene rings is 3. The number of anilines is 1. The highest BCUT2D eigenvalue weighted by molar-refractivity contribution is 7.99. The van der Waals surface area contributed by atoms with Crippen molar-refractivity contribution in [2.75, 3.05) is 45.6 Å². The lowest BCUT2D eigenvalue weighted by molar-refractivity contribution is -0.116. The number of nitrogens with zero attached hydrogens (tertiary/aromatic N) is 4. The van der Waals surface area contributed by atoms with E-state index in [1.54, 1.807) is 60.1 Å². The average molecular weight is 590 g/mol. The van der Waals surface area contributed by atoms with Gasteiger partial charge in [0.05, 0.1) is 46.4 Å². The van der Waals surface area contributed by atoms with Crippen LogP contribution in [-0.2, 0) is 17.8 Å². The van der Waals surface area contributed by atoms with Gasteiger partial charge in [0.2, 0.25) is 5.91 Å². The summed E-state index contributed by atoms with van der Waals surface area (Å²) in [6.45, 7) is 0.692. The van der Waals surface area contributed by atoms with E-state index >= 15 is 0 Å². The Bertz CT molecular complexity index is 1610. The van der Waals surface area contributed by atoms with E-state index in [1.807, 2.05) is 24.3 Å². The van der Waals surface area contributed by atoms with Crippen molar-refractivity contribution in [3.63, 3.8) is 0 Å². The second-order valence-corrected chi connectivity index (χ2v) is 10.2. The highest BCUT2D eigenvalue weighted by Crippen LogP contribution is 2.33. The van der Waals surface area contributed by atoms with Crippen LogP contribution in [-0.4, -0.2) is 67.3 Å². The lowest BCUT2D eigenvalue weighted by atomic mass is 10.2. The van der Waals surface area contributed by atoms with Gasteiger partial charge in [-0.25, -0.2) is 0 Å². The summed E-state index contributed by atoms with van der Waals surface area (Å²) in [6, 6.07) is 18.2. The Morgan fingerprint density at radius 2 is 1.62 bits per heavy atom. The maximum atomic E-state index is 13.3. The van der Waals surface area contributed by atoms with E-state index in [-0.39, 0.29) is 24.1 Å². The average Bonchev–Trinajstić information content (AvgIpc) is 3.66. The van der Waals surface area contributed by atoms with Crippen molar-refractivity contribution < 1.29 is 28.5 Å². The van der Waals surface area contributed by atoms with Crippen LogP contribution in [0.3, 0.4) is 0 Å². The topological polar surface area (TPSA) is 117 Å². The van der Waals surface area contributed by atoms with Gasteiger partial charge >= 0.3 is 0 Å². The molecule has 1 aliphatic rings. The molecule has 11 nitrogen and oxygen atoms in total. The van der Waals surface area contributed by atoms with E-state index < -0.39 is 0 Å². The Labute approximate surface area is 247 Å². The summed E-state index contributed by atoms with van der Waals surface area (Å²) in [4.78, 5) is 28.1. The number of fused-ring (bicyclic) bond motifs is 1. The molecular formula is C30H31N5O6S. The van der Waals surface area contributed by atoms with Crippen molar-refractivity contribution in [1.82, 2.24) is 20.1 Å². The van der Waals surface area contributed by atoms with E-state index in [9.17, 15) is 9.59 Å². The monoisotopic (exact) mass is 589 g/mol. The maximum absolute atomic E-state index is 13.3. The summed E-state index contributed by atoms with van der Waals surface area (Å²) >= 11 is 1.26. The molecule has 0 fully saturated rings. The number of rotatable bonds is 11. The molecule has 2 amide bonds. The van der Waals surface area contributed by atoms with E-state index in [0.717, 1.165) is 17.7 Å². The number of thioether (sulfide) groups is 1. The Morgan fingerprint density at radius 3 is 2.38 bits per heavy atom. The molecule has 1 N–H and O–H groups in total. The molecule has 0 saturated carbocycles. The molecule has 3 aromatic carbocycles. The minimum atomic E-state index is -0.333. The summed E-state index contributed by atoms with van der Waals surface area (Å²) < 4.78 is 23.5. The molecule has 4 aromatic rings. The van der Waals surface area contributed by atoms with Crippen LogP contribution < -0.4 is 29.2 Å². The number of hydrogen-bond donors (Lipinski definition) is 1. The Hall–Kier alpha value is -4.71. The zero-order valence-electron chi connectivity index (χ0n) is 23.7. The highest BCUT2D eigenvalue weighted by atomic mass is 32.2. The normalized spacial score (nSPS) is 12.0. The molecule has 0 spiro atoms. The van der Waals surface area contributed by atoms with Gasteiger partial charge in [-0.3, -0.25) is 14.2 Å². The zero-order chi connectivity index (χ0) is 29.6. The fourth-order valence-corrected chi connectivity index (χ4v) is 5.60. The standard InChI is InChI=1S/C30H31N5O6S/c1-38-21-10-12-24(39-2)23(16-21)35-27(17-31-29(37)20-9-11-25(40-3)26(15-20)41-4)32-33-30(35)42-18-28(36)34-14-13-19-7-5-6-8-22(19)34/h5-12,15-16H,13-14,17-18H2,1-4H3,(H,31,37). The molecule has 0 bridgehead atoms. The van der Waals surface area contributed by atoms with Crippen LogP contribution in [0.15, 0.2) is 65.8 Å². The SMILES string of the molecule is COc1ccc(OC)c(-n2c(CNC(=O)c3ccc(OC)c(OC)c3)nnc2SCC(=O)N2CCc3ccccc32)c1. The largest absolute Gasteiger partial charge is 0.497 e. The predicted molar refractivity (Wildman–Crippen MR) is 158 cm³/mol. The number of nitrogens with one attached hydrogen (secondary N) is 1. The van der Waals surface area contributed by atoms with Crippen LogP contribution >= 0.6 is 11.8 Å². The van der Waals surface area contributed by atoms with Crippen molar-refractivity contribution in [3.05, 3.63) is 77.6 Å². The fourth-order valence-electron chi connectivity index (χ4n) is 4.76. The molecule has 218 valence electrons. The van der Waals surface area contributed by atoms with Crippen LogP contribution in [0.25, 0.3) is 5.69 Å². The molecule has 42 heavy (non-hydrogen) atoms. The van der Waals surface area contributed by atoms with Gasteiger partial charge in [-0.2, -0.15) is 0 Å². The number of carbonyl (C=O) groups excluding carboxylic acids is 2. The Kier molecular flexibility index (Phi) is 8.82. The maximum Gasteiger partial charge on any atom is 0.251 e. The first-order valence-electron chi connectivity index (χ1n) is 13.1. The molecule has 5 rings (SSSR count). The zero-order valence-corrected chi connectivity index (χ0v) is 24.6. The van der Waals surface area contributed by atoms with Gasteiger partial charge < -0.3 is 29.2 Å². The van der Waals surface area contributed by atoms with E-state index in [2.05, 4.69) is 15.5 Å². The Balaban J connectivity index is 1.41. The van der Waals surface area contributed by atoms with Gasteiger partial charge in [0, 0.05) is 23.9 Å². The molecule has 0 radical (unpaired) electrons.